The third kappa shape index (κ3) is 4.75. The van der Waals surface area contributed by atoms with Crippen LogP contribution in [0.1, 0.15) is 12.0 Å². The van der Waals surface area contributed by atoms with E-state index in [2.05, 4.69) is 20.5 Å². The Balaban J connectivity index is 1.32. The standard InChI is InChI=1S/C17H24N4O3/c22-16(19-5-6-21-7-9-24-10-8-21)14-11-15(14)17(23)20-12-13-1-3-18-4-2-13/h1-4,14-15H,5-12H2,(H,19,22)(H,20,23). The molecule has 24 heavy (non-hydrogen) atoms. The molecule has 3 rings (SSSR count). The summed E-state index contributed by atoms with van der Waals surface area (Å²) >= 11 is 0. The molecule has 7 heteroatoms. The van der Waals surface area contributed by atoms with Crippen molar-refractivity contribution in [2.45, 2.75) is 13.0 Å². The Hall–Kier alpha value is -1.99. The zero-order valence-electron chi connectivity index (χ0n) is 13.7. The van der Waals surface area contributed by atoms with Crippen LogP contribution in [-0.2, 0) is 20.9 Å². The van der Waals surface area contributed by atoms with Crippen LogP contribution in [0.3, 0.4) is 0 Å². The number of aromatic nitrogens is 1. The van der Waals surface area contributed by atoms with E-state index in [1.54, 1.807) is 12.4 Å². The fraction of sp³-hybridized carbons (Fsp3) is 0.588. The summed E-state index contributed by atoms with van der Waals surface area (Å²) in [5, 5.41) is 5.83. The number of amides is 2. The maximum atomic E-state index is 12.1. The Bertz CT molecular complexity index is 560. The van der Waals surface area contributed by atoms with Gasteiger partial charge >= 0.3 is 0 Å². The van der Waals surface area contributed by atoms with E-state index in [9.17, 15) is 9.59 Å². The zero-order valence-corrected chi connectivity index (χ0v) is 13.7. The zero-order chi connectivity index (χ0) is 16.8. The van der Waals surface area contributed by atoms with E-state index in [4.69, 9.17) is 4.74 Å². The minimum absolute atomic E-state index is 0.00711. The second-order valence-electron chi connectivity index (χ2n) is 6.27. The topological polar surface area (TPSA) is 83.6 Å². The number of carbonyl (C=O) groups is 2. The third-order valence-electron chi connectivity index (χ3n) is 4.51. The SMILES string of the molecule is O=C(NCCN1CCOCC1)C1CC1C(=O)NCc1ccncc1. The lowest BCUT2D eigenvalue weighted by Gasteiger charge is -2.26. The van der Waals surface area contributed by atoms with Crippen LogP contribution >= 0.6 is 0 Å². The Labute approximate surface area is 141 Å². The van der Waals surface area contributed by atoms with Crippen molar-refractivity contribution < 1.29 is 14.3 Å². The molecule has 1 aromatic heterocycles. The summed E-state index contributed by atoms with van der Waals surface area (Å²) in [5.41, 5.74) is 1.01. The van der Waals surface area contributed by atoms with Gasteiger partial charge in [-0.25, -0.2) is 0 Å². The van der Waals surface area contributed by atoms with Crippen LogP contribution in [0, 0.1) is 11.8 Å². The van der Waals surface area contributed by atoms with Crippen molar-refractivity contribution in [3.63, 3.8) is 0 Å². The summed E-state index contributed by atoms with van der Waals surface area (Å²) < 4.78 is 5.29. The largest absolute Gasteiger partial charge is 0.379 e. The first-order valence-corrected chi connectivity index (χ1v) is 8.48. The van der Waals surface area contributed by atoms with Gasteiger partial charge in [-0.1, -0.05) is 0 Å². The fourth-order valence-electron chi connectivity index (χ4n) is 2.89. The van der Waals surface area contributed by atoms with E-state index in [1.807, 2.05) is 12.1 Å². The Morgan fingerprint density at radius 3 is 2.50 bits per heavy atom. The molecule has 2 fully saturated rings. The molecule has 1 saturated carbocycles. The number of carbonyl (C=O) groups excluding carboxylic acids is 2. The van der Waals surface area contributed by atoms with Gasteiger partial charge in [0.2, 0.25) is 11.8 Å². The number of morpholine rings is 1. The number of rotatable bonds is 7. The molecule has 2 amide bonds. The molecule has 2 aliphatic rings. The Morgan fingerprint density at radius 2 is 1.79 bits per heavy atom. The first-order valence-electron chi connectivity index (χ1n) is 8.48. The number of ether oxygens (including phenoxy) is 1. The third-order valence-corrected chi connectivity index (χ3v) is 4.51. The van der Waals surface area contributed by atoms with Crippen molar-refractivity contribution in [2.24, 2.45) is 11.8 Å². The van der Waals surface area contributed by atoms with Crippen LogP contribution < -0.4 is 10.6 Å². The molecular weight excluding hydrogens is 308 g/mol. The van der Waals surface area contributed by atoms with Gasteiger partial charge in [-0.2, -0.15) is 0 Å². The Kier molecular flexibility index (Phi) is 5.77. The maximum absolute atomic E-state index is 12.1. The monoisotopic (exact) mass is 332 g/mol. The highest BCUT2D eigenvalue weighted by Crippen LogP contribution is 2.38. The summed E-state index contributed by atoms with van der Waals surface area (Å²) in [5.74, 6) is -0.408. The first-order chi connectivity index (χ1) is 11.7. The van der Waals surface area contributed by atoms with Gasteiger partial charge in [0, 0.05) is 45.1 Å². The Morgan fingerprint density at radius 1 is 1.12 bits per heavy atom. The van der Waals surface area contributed by atoms with Crippen LogP contribution in [0.4, 0.5) is 0 Å². The molecule has 0 radical (unpaired) electrons. The molecule has 1 aromatic rings. The van der Waals surface area contributed by atoms with Crippen molar-refractivity contribution in [3.05, 3.63) is 30.1 Å². The van der Waals surface area contributed by atoms with Crippen LogP contribution in [0.5, 0.6) is 0 Å². The predicted octanol–water partition coefficient (Wildman–Crippen LogP) is -0.218. The number of pyridine rings is 1. The van der Waals surface area contributed by atoms with E-state index in [-0.39, 0.29) is 23.7 Å². The first kappa shape index (κ1) is 16.9. The highest BCUT2D eigenvalue weighted by molar-refractivity contribution is 5.92. The number of nitrogens with zero attached hydrogens (tertiary/aromatic N) is 2. The van der Waals surface area contributed by atoms with Crippen LogP contribution in [0.15, 0.2) is 24.5 Å². The van der Waals surface area contributed by atoms with E-state index >= 15 is 0 Å². The van der Waals surface area contributed by atoms with Gasteiger partial charge in [0.25, 0.3) is 0 Å². The maximum Gasteiger partial charge on any atom is 0.224 e. The van der Waals surface area contributed by atoms with Crippen molar-refractivity contribution >= 4 is 11.8 Å². The van der Waals surface area contributed by atoms with Gasteiger partial charge in [0.1, 0.15) is 0 Å². The predicted molar refractivity (Wildman–Crippen MR) is 87.9 cm³/mol. The minimum Gasteiger partial charge on any atom is -0.379 e. The molecule has 2 N–H and O–H groups in total. The normalized spacial score (nSPS) is 23.5. The number of hydrogen-bond acceptors (Lipinski definition) is 5. The number of nitrogens with one attached hydrogen (secondary N) is 2. The average molecular weight is 332 g/mol. The van der Waals surface area contributed by atoms with Gasteiger partial charge < -0.3 is 15.4 Å². The van der Waals surface area contributed by atoms with E-state index < -0.39 is 0 Å². The molecule has 1 aliphatic carbocycles. The molecule has 7 nitrogen and oxygen atoms in total. The van der Waals surface area contributed by atoms with E-state index in [0.717, 1.165) is 38.4 Å². The highest BCUT2D eigenvalue weighted by Gasteiger charge is 2.47. The second-order valence-corrected chi connectivity index (χ2v) is 6.27. The summed E-state index contributed by atoms with van der Waals surface area (Å²) in [7, 11) is 0. The molecule has 0 aromatic carbocycles. The van der Waals surface area contributed by atoms with Crippen molar-refractivity contribution in [2.75, 3.05) is 39.4 Å². The van der Waals surface area contributed by atoms with Crippen LogP contribution in [-0.4, -0.2) is 61.1 Å². The summed E-state index contributed by atoms with van der Waals surface area (Å²) in [6.07, 6.45) is 4.04. The van der Waals surface area contributed by atoms with Crippen LogP contribution in [0.2, 0.25) is 0 Å². The van der Waals surface area contributed by atoms with Crippen molar-refractivity contribution in [1.29, 1.82) is 0 Å². The van der Waals surface area contributed by atoms with Gasteiger partial charge in [-0.15, -0.1) is 0 Å². The molecule has 2 heterocycles. The van der Waals surface area contributed by atoms with E-state index in [0.29, 0.717) is 19.5 Å². The molecule has 2 atom stereocenters. The second kappa shape index (κ2) is 8.21. The molecule has 130 valence electrons. The average Bonchev–Trinajstić information content (AvgIpc) is 3.42. The molecular formula is C17H24N4O3. The van der Waals surface area contributed by atoms with Gasteiger partial charge in [-0.05, 0) is 24.1 Å². The van der Waals surface area contributed by atoms with Gasteiger partial charge in [0.15, 0.2) is 0 Å². The number of hydrogen-bond donors (Lipinski definition) is 2. The lowest BCUT2D eigenvalue weighted by molar-refractivity contribution is -0.127. The van der Waals surface area contributed by atoms with Gasteiger partial charge in [-0.3, -0.25) is 19.5 Å². The van der Waals surface area contributed by atoms with E-state index in [1.165, 1.54) is 0 Å². The van der Waals surface area contributed by atoms with Gasteiger partial charge in [0.05, 0.1) is 25.0 Å². The smallest absolute Gasteiger partial charge is 0.224 e. The quantitative estimate of drug-likeness (QED) is 0.721. The molecule has 0 spiro atoms. The lowest BCUT2D eigenvalue weighted by atomic mass is 10.2. The fourth-order valence-corrected chi connectivity index (χ4v) is 2.89. The molecule has 1 saturated heterocycles. The summed E-state index contributed by atoms with van der Waals surface area (Å²) in [6.45, 7) is 5.29. The highest BCUT2D eigenvalue weighted by atomic mass is 16.5. The summed E-state index contributed by atoms with van der Waals surface area (Å²) in [4.78, 5) is 30.4. The molecule has 0 bridgehead atoms. The molecule has 2 unspecified atom stereocenters. The van der Waals surface area contributed by atoms with Crippen molar-refractivity contribution in [1.82, 2.24) is 20.5 Å². The minimum atomic E-state index is -0.185. The summed E-state index contributed by atoms with van der Waals surface area (Å²) in [6, 6.07) is 3.73. The van der Waals surface area contributed by atoms with Crippen molar-refractivity contribution in [3.8, 4) is 0 Å². The molecule has 1 aliphatic heterocycles. The lowest BCUT2D eigenvalue weighted by Crippen LogP contribution is -2.41. The van der Waals surface area contributed by atoms with Crippen LogP contribution in [0.25, 0.3) is 0 Å².